The average Bonchev–Trinajstić information content (AvgIpc) is 2.52. The largest absolute Gasteiger partial charge is 0.495 e. The lowest BCUT2D eigenvalue weighted by atomic mass is 10.1. The van der Waals surface area contributed by atoms with Gasteiger partial charge in [0, 0.05) is 16.7 Å². The van der Waals surface area contributed by atoms with Crippen molar-refractivity contribution in [3.05, 3.63) is 63.6 Å². The Hall–Kier alpha value is -2.18. The first-order valence-electron chi connectivity index (χ1n) is 6.90. The van der Waals surface area contributed by atoms with E-state index in [2.05, 4.69) is 5.32 Å². The number of anilines is 1. The standard InChI is InChI=1S/C17H12Cl2F3NO2/c1-25-16-10(8-11(18)9-13(16)19)6-7-15(24)23-14-5-3-2-4-12(14)17(20,21)22/h2-9H,1H3,(H,23,24). The van der Waals surface area contributed by atoms with Gasteiger partial charge in [-0.2, -0.15) is 13.2 Å². The van der Waals surface area contributed by atoms with Gasteiger partial charge in [0.2, 0.25) is 5.91 Å². The molecule has 0 aliphatic carbocycles. The first kappa shape index (κ1) is 19.1. The van der Waals surface area contributed by atoms with Crippen molar-refractivity contribution < 1.29 is 22.7 Å². The van der Waals surface area contributed by atoms with Gasteiger partial charge in [0.25, 0.3) is 0 Å². The molecule has 0 saturated carbocycles. The topological polar surface area (TPSA) is 38.3 Å². The SMILES string of the molecule is COc1c(Cl)cc(Cl)cc1C=CC(=O)Nc1ccccc1C(F)(F)F. The number of carbonyl (C=O) groups is 1. The fourth-order valence-electron chi connectivity index (χ4n) is 2.10. The first-order valence-corrected chi connectivity index (χ1v) is 7.66. The minimum atomic E-state index is -4.57. The van der Waals surface area contributed by atoms with Gasteiger partial charge < -0.3 is 10.1 Å². The monoisotopic (exact) mass is 389 g/mol. The van der Waals surface area contributed by atoms with E-state index in [0.717, 1.165) is 12.1 Å². The number of para-hydroxylation sites is 1. The summed E-state index contributed by atoms with van der Waals surface area (Å²) in [6.07, 6.45) is -2.16. The van der Waals surface area contributed by atoms with Gasteiger partial charge in [0.05, 0.1) is 23.4 Å². The second-order valence-electron chi connectivity index (χ2n) is 4.88. The third kappa shape index (κ3) is 4.90. The normalized spacial score (nSPS) is 11.6. The molecule has 1 N–H and O–H groups in total. The van der Waals surface area contributed by atoms with Crippen LogP contribution in [-0.4, -0.2) is 13.0 Å². The van der Waals surface area contributed by atoms with E-state index < -0.39 is 17.6 Å². The number of halogens is 5. The fourth-order valence-corrected chi connectivity index (χ4v) is 2.68. The van der Waals surface area contributed by atoms with E-state index in [9.17, 15) is 18.0 Å². The van der Waals surface area contributed by atoms with E-state index in [1.54, 1.807) is 0 Å². The van der Waals surface area contributed by atoms with Crippen LogP contribution < -0.4 is 10.1 Å². The molecule has 8 heteroatoms. The minimum Gasteiger partial charge on any atom is -0.495 e. The lowest BCUT2D eigenvalue weighted by Gasteiger charge is -2.12. The van der Waals surface area contributed by atoms with Gasteiger partial charge in [-0.05, 0) is 30.3 Å². The maximum Gasteiger partial charge on any atom is 0.418 e. The molecule has 0 heterocycles. The van der Waals surface area contributed by atoms with E-state index in [-0.39, 0.29) is 10.7 Å². The molecule has 132 valence electrons. The summed E-state index contributed by atoms with van der Waals surface area (Å²) >= 11 is 11.9. The predicted octanol–water partition coefficient (Wildman–Crippen LogP) is 5.67. The van der Waals surface area contributed by atoms with Crippen LogP contribution in [0.5, 0.6) is 5.75 Å². The molecule has 1 amide bonds. The quantitative estimate of drug-likeness (QED) is 0.683. The zero-order chi connectivity index (χ0) is 18.6. The summed E-state index contributed by atoms with van der Waals surface area (Å²) in [6, 6.07) is 7.69. The molecule has 0 atom stereocenters. The summed E-state index contributed by atoms with van der Waals surface area (Å²) in [7, 11) is 1.39. The molecular formula is C17H12Cl2F3NO2. The van der Waals surface area contributed by atoms with Crippen LogP contribution in [0.25, 0.3) is 6.08 Å². The highest BCUT2D eigenvalue weighted by atomic mass is 35.5. The highest BCUT2D eigenvalue weighted by molar-refractivity contribution is 6.36. The minimum absolute atomic E-state index is 0.248. The average molecular weight is 390 g/mol. The summed E-state index contributed by atoms with van der Waals surface area (Å²) in [4.78, 5) is 12.0. The second kappa shape index (κ2) is 7.80. The highest BCUT2D eigenvalue weighted by Gasteiger charge is 2.33. The fraction of sp³-hybridized carbons (Fsp3) is 0.118. The molecule has 0 fully saturated rings. The van der Waals surface area contributed by atoms with Crippen molar-refractivity contribution in [2.45, 2.75) is 6.18 Å². The zero-order valence-corrected chi connectivity index (χ0v) is 14.3. The number of hydrogen-bond donors (Lipinski definition) is 1. The van der Waals surface area contributed by atoms with Crippen LogP contribution >= 0.6 is 23.2 Å². The summed E-state index contributed by atoms with van der Waals surface area (Å²) < 4.78 is 43.9. The Balaban J connectivity index is 2.24. The summed E-state index contributed by atoms with van der Waals surface area (Å²) in [6.45, 7) is 0. The van der Waals surface area contributed by atoms with Crippen LogP contribution in [0, 0.1) is 0 Å². The van der Waals surface area contributed by atoms with Crippen LogP contribution in [-0.2, 0) is 11.0 Å². The Morgan fingerprint density at radius 3 is 2.52 bits per heavy atom. The molecule has 0 saturated heterocycles. The number of rotatable bonds is 4. The van der Waals surface area contributed by atoms with Crippen LogP contribution in [0.15, 0.2) is 42.5 Å². The van der Waals surface area contributed by atoms with E-state index in [1.165, 1.54) is 43.5 Å². The molecular weight excluding hydrogens is 378 g/mol. The molecule has 0 bridgehead atoms. The second-order valence-corrected chi connectivity index (χ2v) is 5.72. The Kier molecular flexibility index (Phi) is 5.98. The molecule has 0 unspecified atom stereocenters. The van der Waals surface area contributed by atoms with Crippen molar-refractivity contribution in [1.82, 2.24) is 0 Å². The zero-order valence-electron chi connectivity index (χ0n) is 12.8. The van der Waals surface area contributed by atoms with Crippen LogP contribution in [0.2, 0.25) is 10.0 Å². The maximum atomic E-state index is 12.9. The highest BCUT2D eigenvalue weighted by Crippen LogP contribution is 2.35. The van der Waals surface area contributed by atoms with Gasteiger partial charge in [-0.15, -0.1) is 0 Å². The Bertz CT molecular complexity index is 820. The maximum absolute atomic E-state index is 12.9. The number of methoxy groups -OCH3 is 1. The number of alkyl halides is 3. The molecule has 0 spiro atoms. The molecule has 2 aromatic rings. The number of ether oxygens (including phenoxy) is 1. The Labute approximate surface area is 152 Å². The third-order valence-electron chi connectivity index (χ3n) is 3.15. The van der Waals surface area contributed by atoms with Gasteiger partial charge >= 0.3 is 6.18 Å². The predicted molar refractivity (Wildman–Crippen MR) is 92.1 cm³/mol. The van der Waals surface area contributed by atoms with Crippen LogP contribution in [0.4, 0.5) is 18.9 Å². The van der Waals surface area contributed by atoms with E-state index in [1.807, 2.05) is 0 Å². The number of benzene rings is 2. The third-order valence-corrected chi connectivity index (χ3v) is 3.64. The van der Waals surface area contributed by atoms with Gasteiger partial charge in [0.1, 0.15) is 5.75 Å². The number of amides is 1. The summed E-state index contributed by atoms with van der Waals surface area (Å²) in [5.74, 6) is -0.444. The van der Waals surface area contributed by atoms with Crippen molar-refractivity contribution in [3.63, 3.8) is 0 Å². The molecule has 0 aromatic heterocycles. The van der Waals surface area contributed by atoms with E-state index in [0.29, 0.717) is 16.3 Å². The molecule has 3 nitrogen and oxygen atoms in total. The summed E-state index contributed by atoms with van der Waals surface area (Å²) in [5, 5.41) is 2.78. The molecule has 2 rings (SSSR count). The number of hydrogen-bond acceptors (Lipinski definition) is 2. The van der Waals surface area contributed by atoms with Crippen molar-refractivity contribution in [2.75, 3.05) is 12.4 Å². The summed E-state index contributed by atoms with van der Waals surface area (Å²) in [5.41, 5.74) is -0.847. The first-order chi connectivity index (χ1) is 11.7. The lowest BCUT2D eigenvalue weighted by molar-refractivity contribution is -0.136. The molecule has 25 heavy (non-hydrogen) atoms. The molecule has 0 radical (unpaired) electrons. The van der Waals surface area contributed by atoms with Gasteiger partial charge in [-0.25, -0.2) is 0 Å². The van der Waals surface area contributed by atoms with Crippen molar-refractivity contribution in [1.29, 1.82) is 0 Å². The van der Waals surface area contributed by atoms with Crippen molar-refractivity contribution >= 4 is 40.9 Å². The van der Waals surface area contributed by atoms with Gasteiger partial charge in [-0.3, -0.25) is 4.79 Å². The number of carbonyl (C=O) groups excluding carboxylic acids is 1. The van der Waals surface area contributed by atoms with Crippen molar-refractivity contribution in [2.24, 2.45) is 0 Å². The van der Waals surface area contributed by atoms with E-state index in [4.69, 9.17) is 27.9 Å². The molecule has 0 aliphatic heterocycles. The smallest absolute Gasteiger partial charge is 0.418 e. The molecule has 0 aliphatic rings. The Morgan fingerprint density at radius 2 is 1.88 bits per heavy atom. The lowest BCUT2D eigenvalue weighted by Crippen LogP contribution is -2.14. The Morgan fingerprint density at radius 1 is 1.20 bits per heavy atom. The van der Waals surface area contributed by atoms with Gasteiger partial charge in [0.15, 0.2) is 0 Å². The van der Waals surface area contributed by atoms with Gasteiger partial charge in [-0.1, -0.05) is 35.3 Å². The van der Waals surface area contributed by atoms with Crippen LogP contribution in [0.1, 0.15) is 11.1 Å². The molecule has 2 aromatic carbocycles. The number of nitrogens with one attached hydrogen (secondary N) is 1. The van der Waals surface area contributed by atoms with Crippen molar-refractivity contribution in [3.8, 4) is 5.75 Å². The van der Waals surface area contributed by atoms with Crippen LogP contribution in [0.3, 0.4) is 0 Å². The van der Waals surface area contributed by atoms with E-state index >= 15 is 0 Å².